The lowest BCUT2D eigenvalue weighted by atomic mass is 9.43. The predicted octanol–water partition coefficient (Wildman–Crippen LogP) is -1.15. The van der Waals surface area contributed by atoms with E-state index in [2.05, 4.69) is 11.9 Å². The average Bonchev–Trinajstić information content (AvgIpc) is 3.16. The molecule has 1 saturated heterocycles. The van der Waals surface area contributed by atoms with Crippen LogP contribution in [0.4, 0.5) is 0 Å². The average molecular weight is 470 g/mol. The Hall–Kier alpha value is -0.360. The second-order valence-corrected chi connectivity index (χ2v) is 11.9. The molecule has 4 N–H and O–H groups in total. The van der Waals surface area contributed by atoms with Crippen LogP contribution in [-0.4, -0.2) is 122 Å². The Bertz CT molecular complexity index is 830. The maximum Gasteiger partial charge on any atom is 0.120 e. The quantitative estimate of drug-likeness (QED) is 0.396. The zero-order valence-electron chi connectivity index (χ0n) is 20.2. The molecule has 0 aromatic rings. The number of methoxy groups -OCH3 is 4. The highest BCUT2D eigenvalue weighted by Crippen LogP contribution is 2.79. The molecule has 0 amide bonds. The van der Waals surface area contributed by atoms with Crippen molar-refractivity contribution in [2.75, 3.05) is 48.6 Å². The van der Waals surface area contributed by atoms with E-state index in [4.69, 9.17) is 18.9 Å². The van der Waals surface area contributed by atoms with Crippen molar-refractivity contribution in [3.05, 3.63) is 0 Å². The van der Waals surface area contributed by atoms with E-state index in [-0.39, 0.29) is 41.9 Å². The van der Waals surface area contributed by atoms with Gasteiger partial charge in [-0.25, -0.2) is 0 Å². The van der Waals surface area contributed by atoms with Gasteiger partial charge in [-0.15, -0.1) is 0 Å². The molecule has 9 nitrogen and oxygen atoms in total. The van der Waals surface area contributed by atoms with Crippen LogP contribution in [-0.2, 0) is 18.9 Å². The van der Waals surface area contributed by atoms with Gasteiger partial charge >= 0.3 is 0 Å². The number of rotatable bonds is 5. The van der Waals surface area contributed by atoms with Gasteiger partial charge in [-0.3, -0.25) is 0 Å². The van der Waals surface area contributed by atoms with Crippen LogP contribution in [0.1, 0.15) is 19.3 Å². The van der Waals surface area contributed by atoms with Crippen LogP contribution in [0.2, 0.25) is 0 Å². The molecule has 5 aliphatic carbocycles. The van der Waals surface area contributed by atoms with E-state index in [9.17, 15) is 20.4 Å². The number of nitrogens with zero attached hydrogens (tertiary/aromatic N) is 1. The maximum absolute atomic E-state index is 12.5. The minimum atomic E-state index is -1.67. The summed E-state index contributed by atoms with van der Waals surface area (Å²) in [7, 11) is 8.66. The summed E-state index contributed by atoms with van der Waals surface area (Å²) in [5, 5.41) is 47.3. The molecule has 9 heteroatoms. The van der Waals surface area contributed by atoms with E-state index in [1.807, 2.05) is 0 Å². The third-order valence-electron chi connectivity index (χ3n) is 11.3. The molecule has 6 fully saturated rings. The van der Waals surface area contributed by atoms with Gasteiger partial charge in [0.2, 0.25) is 0 Å². The minimum absolute atomic E-state index is 0.00206. The molecule has 1 aliphatic heterocycles. The summed E-state index contributed by atoms with van der Waals surface area (Å²) in [6.45, 7) is 1.36. The Balaban J connectivity index is 1.66. The summed E-state index contributed by atoms with van der Waals surface area (Å²) in [6.07, 6.45) is -2.14. The number of likely N-dealkylation sites (tertiary alicyclic amines) is 1. The molecular weight excluding hydrogens is 430 g/mol. The van der Waals surface area contributed by atoms with Crippen LogP contribution in [0.25, 0.3) is 0 Å². The van der Waals surface area contributed by atoms with Crippen molar-refractivity contribution in [3.63, 3.8) is 0 Å². The van der Waals surface area contributed by atoms with Gasteiger partial charge in [0, 0.05) is 69.6 Å². The maximum atomic E-state index is 12.5. The number of piperidine rings is 1. The molecule has 6 aliphatic rings. The summed E-state index contributed by atoms with van der Waals surface area (Å²) in [5.74, 6) is -1.44. The fourth-order valence-electron chi connectivity index (χ4n) is 10.9. The van der Waals surface area contributed by atoms with Gasteiger partial charge in [0.1, 0.15) is 23.4 Å². The fourth-order valence-corrected chi connectivity index (χ4v) is 10.9. The molecule has 7 bridgehead atoms. The van der Waals surface area contributed by atoms with E-state index in [1.165, 1.54) is 7.11 Å². The standard InChI is InChI=1S/C24H39NO8/c1-25-9-21(10-30-2)7-6-12(31-3)23-11-8-22(28)18(26)13(11)24(29,19(27)20(22)33-5)14(17(23)25)15(32-4)16(21)23/h11-20,26-29H,6-10H2,1-5H3/t11-,12+,13-,14-,15+,16-,17-,18-,19+,20+,21+,22-,23+,24-/m1/s1. The smallest absolute Gasteiger partial charge is 0.120 e. The van der Waals surface area contributed by atoms with Gasteiger partial charge in [0.05, 0.1) is 24.9 Å². The van der Waals surface area contributed by atoms with E-state index in [0.717, 1.165) is 19.4 Å². The first kappa shape index (κ1) is 23.1. The van der Waals surface area contributed by atoms with Crippen LogP contribution in [0, 0.1) is 34.5 Å². The third kappa shape index (κ3) is 2.15. The number of hydrogen-bond acceptors (Lipinski definition) is 9. The highest BCUT2D eigenvalue weighted by atomic mass is 16.5. The van der Waals surface area contributed by atoms with Crippen LogP contribution in [0.15, 0.2) is 0 Å². The first-order chi connectivity index (χ1) is 15.6. The first-order valence-electron chi connectivity index (χ1n) is 12.2. The lowest BCUT2D eigenvalue weighted by molar-refractivity contribution is -0.314. The number of hydrogen-bond donors (Lipinski definition) is 4. The summed E-state index contributed by atoms with van der Waals surface area (Å²) >= 11 is 0. The molecule has 33 heavy (non-hydrogen) atoms. The van der Waals surface area contributed by atoms with Crippen LogP contribution in [0.3, 0.4) is 0 Å². The van der Waals surface area contributed by atoms with Crippen molar-refractivity contribution in [3.8, 4) is 0 Å². The molecule has 1 heterocycles. The number of aliphatic hydroxyl groups is 4. The van der Waals surface area contributed by atoms with Gasteiger partial charge in [-0.1, -0.05) is 0 Å². The second-order valence-electron chi connectivity index (χ2n) is 11.9. The minimum Gasteiger partial charge on any atom is -0.390 e. The molecule has 0 aromatic heterocycles. The summed E-state index contributed by atoms with van der Waals surface area (Å²) in [5.41, 5.74) is -3.98. The fraction of sp³-hybridized carbons (Fsp3) is 1.00. The molecule has 5 saturated carbocycles. The largest absolute Gasteiger partial charge is 0.390 e. The Morgan fingerprint density at radius 2 is 1.70 bits per heavy atom. The Labute approximate surface area is 194 Å². The summed E-state index contributed by atoms with van der Waals surface area (Å²) < 4.78 is 23.9. The van der Waals surface area contributed by atoms with Gasteiger partial charge in [-0.05, 0) is 32.2 Å². The third-order valence-corrected chi connectivity index (χ3v) is 11.3. The van der Waals surface area contributed by atoms with Crippen LogP contribution < -0.4 is 0 Å². The summed E-state index contributed by atoms with van der Waals surface area (Å²) in [4.78, 5) is 2.31. The molecule has 14 atom stereocenters. The molecule has 0 radical (unpaired) electrons. The molecule has 0 unspecified atom stereocenters. The summed E-state index contributed by atoms with van der Waals surface area (Å²) in [6, 6.07) is -0.131. The van der Waals surface area contributed by atoms with Crippen molar-refractivity contribution in [1.82, 2.24) is 4.90 Å². The van der Waals surface area contributed by atoms with Gasteiger partial charge in [0.15, 0.2) is 0 Å². The Morgan fingerprint density at radius 3 is 2.30 bits per heavy atom. The van der Waals surface area contributed by atoms with E-state index in [0.29, 0.717) is 6.61 Å². The van der Waals surface area contributed by atoms with Crippen LogP contribution in [0.5, 0.6) is 0 Å². The van der Waals surface area contributed by atoms with Crippen LogP contribution >= 0.6 is 0 Å². The van der Waals surface area contributed by atoms with Crippen molar-refractivity contribution in [1.29, 1.82) is 0 Å². The highest BCUT2D eigenvalue weighted by Gasteiger charge is 2.89. The molecule has 1 spiro atoms. The van der Waals surface area contributed by atoms with E-state index >= 15 is 0 Å². The molecular formula is C24H39NO8. The lowest BCUT2D eigenvalue weighted by Gasteiger charge is -2.69. The van der Waals surface area contributed by atoms with E-state index in [1.54, 1.807) is 21.3 Å². The Kier molecular flexibility index (Phi) is 4.82. The molecule has 6 rings (SSSR count). The van der Waals surface area contributed by atoms with E-state index < -0.39 is 46.8 Å². The highest BCUT2D eigenvalue weighted by molar-refractivity contribution is 5.39. The zero-order chi connectivity index (χ0) is 23.7. The zero-order valence-corrected chi connectivity index (χ0v) is 20.2. The predicted molar refractivity (Wildman–Crippen MR) is 115 cm³/mol. The van der Waals surface area contributed by atoms with Gasteiger partial charge in [0.25, 0.3) is 0 Å². The number of ether oxygens (including phenoxy) is 4. The second kappa shape index (κ2) is 6.89. The first-order valence-corrected chi connectivity index (χ1v) is 12.2. The normalized spacial score (nSPS) is 63.2. The van der Waals surface area contributed by atoms with Crippen molar-refractivity contribution in [2.24, 2.45) is 34.5 Å². The van der Waals surface area contributed by atoms with Crippen molar-refractivity contribution in [2.45, 2.75) is 67.0 Å². The SMILES string of the molecule is COC[C@@]12CC[C@H](OC)[C@@]34[C@@H]5C[C@@]6(O)[C@H](O)[C@@H]5[C@@](O)([C@H]([C@H](OC)[C@H]13)[C@H]4N(C)C2)[C@@H](O)[C@@H]6OC. The monoisotopic (exact) mass is 469 g/mol. The van der Waals surface area contributed by atoms with Crippen molar-refractivity contribution < 1.29 is 39.4 Å². The van der Waals surface area contributed by atoms with Crippen molar-refractivity contribution >= 4 is 0 Å². The topological polar surface area (TPSA) is 121 Å². The Morgan fingerprint density at radius 1 is 0.970 bits per heavy atom. The van der Waals surface area contributed by atoms with Gasteiger partial charge in [-0.2, -0.15) is 0 Å². The van der Waals surface area contributed by atoms with Gasteiger partial charge < -0.3 is 44.3 Å². The number of fused-ring (bicyclic) bond motifs is 2. The molecule has 0 aromatic carbocycles. The lowest BCUT2D eigenvalue weighted by Crippen LogP contribution is -2.79. The molecule has 188 valence electrons. The number of aliphatic hydroxyl groups excluding tert-OH is 2.